The SMILES string of the molecule is C/C=C\[C@](F)(Cl)C(F)(F)Br. The van der Waals surface area contributed by atoms with Crippen LogP contribution in [0, 0.1) is 0 Å². The highest BCUT2D eigenvalue weighted by molar-refractivity contribution is 9.10. The molecule has 0 bridgehead atoms. The molecule has 0 radical (unpaired) electrons. The second kappa shape index (κ2) is 3.13. The van der Waals surface area contributed by atoms with Crippen LogP contribution >= 0.6 is 27.5 Å². The van der Waals surface area contributed by atoms with Crippen molar-refractivity contribution in [1.82, 2.24) is 0 Å². The smallest absolute Gasteiger partial charge is 0.214 e. The molecule has 1 atom stereocenters. The third kappa shape index (κ3) is 2.50. The van der Waals surface area contributed by atoms with Crippen molar-refractivity contribution in [2.45, 2.75) is 16.9 Å². The molecule has 0 aromatic carbocycles. The maximum atomic E-state index is 12.5. The molecule has 60 valence electrons. The lowest BCUT2D eigenvalue weighted by Crippen LogP contribution is -2.31. The van der Waals surface area contributed by atoms with Gasteiger partial charge in [-0.05, 0) is 28.9 Å². The van der Waals surface area contributed by atoms with Crippen molar-refractivity contribution < 1.29 is 13.2 Å². The van der Waals surface area contributed by atoms with Gasteiger partial charge in [0.25, 0.3) is 5.13 Å². The van der Waals surface area contributed by atoms with E-state index < -0.39 is 9.96 Å². The predicted octanol–water partition coefficient (Wildman–Crippen LogP) is 3.45. The zero-order chi connectivity index (χ0) is 8.41. The number of hydrogen-bond acceptors (Lipinski definition) is 0. The average Bonchev–Trinajstić information content (AvgIpc) is 1.61. The minimum absolute atomic E-state index is 0.573. The molecule has 0 heterocycles. The number of halogens is 5. The van der Waals surface area contributed by atoms with Crippen LogP contribution in [0.3, 0.4) is 0 Å². The molecule has 0 spiro atoms. The van der Waals surface area contributed by atoms with Crippen molar-refractivity contribution >= 4 is 27.5 Å². The van der Waals surface area contributed by atoms with E-state index in [4.69, 9.17) is 11.6 Å². The van der Waals surface area contributed by atoms with E-state index in [0.717, 1.165) is 6.08 Å². The number of allylic oxidation sites excluding steroid dienone is 2. The minimum atomic E-state index is -3.73. The van der Waals surface area contributed by atoms with Gasteiger partial charge in [0.1, 0.15) is 0 Å². The quantitative estimate of drug-likeness (QED) is 0.510. The Morgan fingerprint density at radius 2 is 1.80 bits per heavy atom. The van der Waals surface area contributed by atoms with Gasteiger partial charge in [-0.25, -0.2) is 4.39 Å². The minimum Gasteiger partial charge on any atom is -0.214 e. The molecule has 0 saturated heterocycles. The topological polar surface area (TPSA) is 0 Å². The number of hydrogen-bond donors (Lipinski definition) is 0. The Balaban J connectivity index is 4.40. The summed E-state index contributed by atoms with van der Waals surface area (Å²) in [4.78, 5) is -3.73. The predicted molar refractivity (Wildman–Crippen MR) is 38.4 cm³/mol. The highest BCUT2D eigenvalue weighted by Gasteiger charge is 2.49. The van der Waals surface area contributed by atoms with Gasteiger partial charge in [-0.1, -0.05) is 17.7 Å². The summed E-state index contributed by atoms with van der Waals surface area (Å²) in [5.74, 6) is 0. The summed E-state index contributed by atoms with van der Waals surface area (Å²) in [5, 5.41) is -3.14. The molecule has 0 aromatic rings. The van der Waals surface area contributed by atoms with Gasteiger partial charge < -0.3 is 0 Å². The third-order valence-electron chi connectivity index (χ3n) is 0.754. The molecule has 10 heavy (non-hydrogen) atoms. The van der Waals surface area contributed by atoms with Crippen molar-refractivity contribution in [1.29, 1.82) is 0 Å². The molecule has 0 fully saturated rings. The first kappa shape index (κ1) is 10.3. The van der Waals surface area contributed by atoms with Gasteiger partial charge in [0.05, 0.1) is 0 Å². The molecule has 0 rings (SSSR count). The van der Waals surface area contributed by atoms with Crippen molar-refractivity contribution in [3.8, 4) is 0 Å². The van der Waals surface area contributed by atoms with E-state index >= 15 is 0 Å². The van der Waals surface area contributed by atoms with Gasteiger partial charge in [-0.3, -0.25) is 0 Å². The highest BCUT2D eigenvalue weighted by atomic mass is 79.9. The van der Waals surface area contributed by atoms with Crippen LogP contribution in [0.15, 0.2) is 12.2 Å². The van der Waals surface area contributed by atoms with Gasteiger partial charge in [0.15, 0.2) is 0 Å². The maximum Gasteiger partial charge on any atom is 0.352 e. The van der Waals surface area contributed by atoms with Crippen LogP contribution < -0.4 is 0 Å². The summed E-state index contributed by atoms with van der Waals surface area (Å²) in [6.45, 7) is 1.40. The van der Waals surface area contributed by atoms with Crippen LogP contribution in [0.1, 0.15) is 6.92 Å². The second-order valence-corrected chi connectivity index (χ2v) is 3.17. The molecule has 0 N–H and O–H groups in total. The number of rotatable bonds is 2. The Morgan fingerprint density at radius 3 is 1.90 bits per heavy atom. The van der Waals surface area contributed by atoms with E-state index in [1.165, 1.54) is 6.92 Å². The maximum absolute atomic E-state index is 12.5. The van der Waals surface area contributed by atoms with Gasteiger partial charge in [-0.2, -0.15) is 8.78 Å². The second-order valence-electron chi connectivity index (χ2n) is 1.62. The summed E-state index contributed by atoms with van der Waals surface area (Å²) in [7, 11) is 0. The lowest BCUT2D eigenvalue weighted by atomic mass is 10.3. The van der Waals surface area contributed by atoms with Gasteiger partial charge in [0.2, 0.25) is 0 Å². The van der Waals surface area contributed by atoms with Crippen molar-refractivity contribution in [2.24, 2.45) is 0 Å². The van der Waals surface area contributed by atoms with Gasteiger partial charge in [0, 0.05) is 0 Å². The first-order valence-electron chi connectivity index (χ1n) is 2.39. The summed E-state index contributed by atoms with van der Waals surface area (Å²) in [5.41, 5.74) is 0. The molecule has 0 aliphatic rings. The summed E-state index contributed by atoms with van der Waals surface area (Å²) in [6, 6.07) is 0. The first-order chi connectivity index (χ1) is 4.31. The van der Waals surface area contributed by atoms with Gasteiger partial charge in [-0.15, -0.1) is 0 Å². The zero-order valence-electron chi connectivity index (χ0n) is 5.04. The van der Waals surface area contributed by atoms with E-state index in [2.05, 4.69) is 0 Å². The Morgan fingerprint density at radius 1 is 1.40 bits per heavy atom. The Hall–Kier alpha value is 0.300. The molecular formula is C5H5BrClF3. The molecule has 0 amide bonds. The van der Waals surface area contributed by atoms with E-state index in [0.29, 0.717) is 6.08 Å². The zero-order valence-corrected chi connectivity index (χ0v) is 7.39. The summed E-state index contributed by atoms with van der Waals surface area (Å²) >= 11 is 6.57. The largest absolute Gasteiger partial charge is 0.352 e. The Labute approximate surface area is 70.2 Å². The van der Waals surface area contributed by atoms with Crippen LogP contribution in [0.5, 0.6) is 0 Å². The van der Waals surface area contributed by atoms with Crippen molar-refractivity contribution in [2.75, 3.05) is 0 Å². The fourth-order valence-electron chi connectivity index (χ4n) is 0.304. The lowest BCUT2D eigenvalue weighted by molar-refractivity contribution is 0.0218. The molecular weight excluding hydrogens is 232 g/mol. The van der Waals surface area contributed by atoms with Crippen molar-refractivity contribution in [3.05, 3.63) is 12.2 Å². The van der Waals surface area contributed by atoms with Gasteiger partial charge >= 0.3 is 4.83 Å². The highest BCUT2D eigenvalue weighted by Crippen LogP contribution is 2.42. The number of alkyl halides is 5. The lowest BCUT2D eigenvalue weighted by Gasteiger charge is -2.18. The molecule has 0 aliphatic heterocycles. The van der Waals surface area contributed by atoms with Crippen molar-refractivity contribution in [3.63, 3.8) is 0 Å². The Kier molecular flexibility index (Phi) is 3.23. The standard InChI is InChI=1S/C5H5BrClF3/c1-2-3-4(7,8)5(6,9)10/h2-3H,1H3/b3-2-/t4-/m1/s1. The average molecular weight is 237 g/mol. The van der Waals surface area contributed by atoms with Crippen LogP contribution in [0.25, 0.3) is 0 Å². The van der Waals surface area contributed by atoms with E-state index in [1.807, 2.05) is 15.9 Å². The first-order valence-corrected chi connectivity index (χ1v) is 3.57. The molecule has 0 aliphatic carbocycles. The summed E-state index contributed by atoms with van der Waals surface area (Å²) < 4.78 is 36.6. The third-order valence-corrected chi connectivity index (χ3v) is 1.92. The van der Waals surface area contributed by atoms with E-state index in [1.54, 1.807) is 0 Å². The summed E-state index contributed by atoms with van der Waals surface area (Å²) in [6.07, 6.45) is 1.69. The normalized spacial score (nSPS) is 19.4. The molecule has 0 saturated carbocycles. The van der Waals surface area contributed by atoms with Crippen LogP contribution in [-0.2, 0) is 0 Å². The Bertz CT molecular complexity index is 138. The molecule has 0 aromatic heterocycles. The molecule has 0 unspecified atom stereocenters. The van der Waals surface area contributed by atoms with Crippen LogP contribution in [0.4, 0.5) is 13.2 Å². The van der Waals surface area contributed by atoms with Crippen LogP contribution in [0.2, 0.25) is 0 Å². The molecule has 0 nitrogen and oxygen atoms in total. The fraction of sp³-hybridized carbons (Fsp3) is 0.600. The molecule has 5 heteroatoms. The van der Waals surface area contributed by atoms with Crippen LogP contribution in [-0.4, -0.2) is 9.96 Å². The monoisotopic (exact) mass is 236 g/mol. The fourth-order valence-corrected chi connectivity index (χ4v) is 0.562. The van der Waals surface area contributed by atoms with E-state index in [9.17, 15) is 13.2 Å². The van der Waals surface area contributed by atoms with E-state index in [-0.39, 0.29) is 0 Å².